The molecule has 0 saturated heterocycles. The Hall–Kier alpha value is -0.850. The monoisotopic (exact) mass is 568 g/mol. The van der Waals surface area contributed by atoms with Crippen LogP contribution in [0.15, 0.2) is 72.8 Å². The molecule has 5 rings (SSSR count). The summed E-state index contributed by atoms with van der Waals surface area (Å²) in [5, 5.41) is 5.39. The van der Waals surface area contributed by atoms with E-state index in [0.29, 0.717) is 0 Å². The summed E-state index contributed by atoms with van der Waals surface area (Å²) in [4.78, 5) is 0. The van der Waals surface area contributed by atoms with Crippen LogP contribution in [0.4, 0.5) is 0 Å². The molecule has 0 aromatic heterocycles. The van der Waals surface area contributed by atoms with Gasteiger partial charge in [0.05, 0.1) is 0 Å². The first kappa shape index (κ1) is 16.3. The summed E-state index contributed by atoms with van der Waals surface area (Å²) in [7, 11) is 0. The van der Waals surface area contributed by atoms with Crippen LogP contribution in [0.25, 0.3) is 32.7 Å². The fraction of sp³-hybridized carbons (Fsp3) is 0.0909. The summed E-state index contributed by atoms with van der Waals surface area (Å²) in [5.41, 5.74) is 5.83. The van der Waals surface area contributed by atoms with Gasteiger partial charge in [0.1, 0.15) is 0 Å². The molecule has 0 fully saturated rings. The van der Waals surface area contributed by atoms with Crippen molar-refractivity contribution >= 4 is 60.8 Å². The van der Waals surface area contributed by atoms with Crippen LogP contribution >= 0.6 is 25.5 Å². The molecular weight excluding hydrogens is 552 g/mol. The van der Waals surface area contributed by atoms with Crippen molar-refractivity contribution in [2.24, 2.45) is 0 Å². The van der Waals surface area contributed by atoms with Crippen LogP contribution < -0.4 is 0 Å². The van der Waals surface area contributed by atoms with Crippen LogP contribution in [-0.2, 0) is 8.94 Å². The number of halogens is 2. The fourth-order valence-electron chi connectivity index (χ4n) is 3.97. The van der Waals surface area contributed by atoms with Gasteiger partial charge in [0.2, 0.25) is 0 Å². The van der Waals surface area contributed by atoms with E-state index in [1.165, 1.54) is 43.8 Å². The van der Waals surface area contributed by atoms with Crippen LogP contribution in [0, 0.1) is 0 Å². The van der Waals surface area contributed by atoms with E-state index in [1.807, 2.05) is 0 Å². The predicted octanol–water partition coefficient (Wildman–Crippen LogP) is 7.07. The molecule has 1 aliphatic rings. The molecule has 3 heteroatoms. The van der Waals surface area contributed by atoms with Gasteiger partial charge in [0.15, 0.2) is 0 Å². The van der Waals surface area contributed by atoms with E-state index >= 15 is 0 Å². The first-order valence-corrected chi connectivity index (χ1v) is 22.1. The Morgan fingerprint density at radius 1 is 0.560 bits per heavy atom. The van der Waals surface area contributed by atoms with Gasteiger partial charge in [0, 0.05) is 0 Å². The van der Waals surface area contributed by atoms with Gasteiger partial charge in [-0.3, -0.25) is 0 Å². The SMILES string of the molecule is Br[Te]1(Br)Cc2ccc3ccccc3c2-c2c(ccc3ccccc23)C1. The number of benzene rings is 4. The second-order valence-electron chi connectivity index (χ2n) is 6.63. The van der Waals surface area contributed by atoms with Crippen molar-refractivity contribution in [3.05, 3.63) is 83.9 Å². The van der Waals surface area contributed by atoms with Crippen molar-refractivity contribution in [3.63, 3.8) is 0 Å². The van der Waals surface area contributed by atoms with Crippen LogP contribution in [0.5, 0.6) is 0 Å². The summed E-state index contributed by atoms with van der Waals surface area (Å²) < 4.78 is 2.29. The summed E-state index contributed by atoms with van der Waals surface area (Å²) in [6.07, 6.45) is 0. The zero-order valence-electron chi connectivity index (χ0n) is 13.5. The van der Waals surface area contributed by atoms with Gasteiger partial charge in [-0.05, 0) is 0 Å². The molecule has 0 spiro atoms. The molecular formula is C22H16Br2Te. The molecule has 1 aliphatic heterocycles. The fourth-order valence-corrected chi connectivity index (χ4v) is 14.8. The molecule has 0 atom stereocenters. The number of fused-ring (bicyclic) bond motifs is 7. The Bertz CT molecular complexity index is 1040. The number of rotatable bonds is 0. The van der Waals surface area contributed by atoms with E-state index in [9.17, 15) is 0 Å². The van der Waals surface area contributed by atoms with Gasteiger partial charge >= 0.3 is 165 Å². The molecule has 25 heavy (non-hydrogen) atoms. The van der Waals surface area contributed by atoms with Crippen molar-refractivity contribution in [2.75, 3.05) is 0 Å². The summed E-state index contributed by atoms with van der Waals surface area (Å²) in [5.74, 6) is 0. The molecule has 0 radical (unpaired) electrons. The Balaban J connectivity index is 2.00. The third-order valence-corrected chi connectivity index (χ3v) is 15.3. The van der Waals surface area contributed by atoms with Crippen LogP contribution in [0.1, 0.15) is 11.1 Å². The maximum atomic E-state index is 4.12. The topological polar surface area (TPSA) is 0 Å². The molecule has 0 aliphatic carbocycles. The van der Waals surface area contributed by atoms with E-state index in [4.69, 9.17) is 0 Å². The van der Waals surface area contributed by atoms with Crippen molar-refractivity contribution in [2.45, 2.75) is 8.94 Å². The third-order valence-electron chi connectivity index (χ3n) is 5.01. The standard InChI is InChI=1S/C22H16Br2Te/c23-25(24)13-17-11-9-15-5-1-3-7-19(15)21(17)22-18(14-25)12-10-16-6-2-4-8-20(16)22/h1-12H,13-14H2. The number of hydrogen-bond acceptors (Lipinski definition) is 0. The van der Waals surface area contributed by atoms with Gasteiger partial charge in [-0.2, -0.15) is 0 Å². The minimum atomic E-state index is -2.28. The average Bonchev–Trinajstić information content (AvgIpc) is 2.73. The molecule has 0 nitrogen and oxygen atoms in total. The van der Waals surface area contributed by atoms with E-state index in [0.717, 1.165) is 8.94 Å². The van der Waals surface area contributed by atoms with Crippen molar-refractivity contribution in [1.82, 2.24) is 0 Å². The Labute approximate surface area is 163 Å². The van der Waals surface area contributed by atoms with Crippen molar-refractivity contribution < 1.29 is 0 Å². The van der Waals surface area contributed by atoms with Gasteiger partial charge in [-0.1, -0.05) is 0 Å². The average molecular weight is 568 g/mol. The molecule has 0 amide bonds. The maximum absolute atomic E-state index is 4.12. The van der Waals surface area contributed by atoms with Gasteiger partial charge in [0.25, 0.3) is 0 Å². The van der Waals surface area contributed by atoms with E-state index in [1.54, 1.807) is 0 Å². The summed E-state index contributed by atoms with van der Waals surface area (Å²) in [6.45, 7) is 0. The van der Waals surface area contributed by atoms with E-state index in [-0.39, 0.29) is 0 Å². The predicted molar refractivity (Wildman–Crippen MR) is 118 cm³/mol. The second-order valence-corrected chi connectivity index (χ2v) is 34.7. The van der Waals surface area contributed by atoms with E-state index < -0.39 is 13.8 Å². The van der Waals surface area contributed by atoms with Gasteiger partial charge < -0.3 is 0 Å². The molecule has 0 bridgehead atoms. The Morgan fingerprint density at radius 2 is 1.00 bits per heavy atom. The van der Waals surface area contributed by atoms with Crippen LogP contribution in [0.2, 0.25) is 0 Å². The zero-order chi connectivity index (χ0) is 17.0. The third kappa shape index (κ3) is 2.77. The summed E-state index contributed by atoms with van der Waals surface area (Å²) in [6, 6.07) is 26.8. The molecule has 0 N–H and O–H groups in total. The van der Waals surface area contributed by atoms with Crippen LogP contribution in [-0.4, -0.2) is 13.8 Å². The molecule has 0 saturated carbocycles. The first-order chi connectivity index (χ1) is 12.1. The quantitative estimate of drug-likeness (QED) is 0.200. The number of hydrogen-bond donors (Lipinski definition) is 0. The molecule has 124 valence electrons. The minimum absolute atomic E-state index is 1.14. The van der Waals surface area contributed by atoms with Gasteiger partial charge in [-0.15, -0.1) is 0 Å². The van der Waals surface area contributed by atoms with Crippen LogP contribution in [0.3, 0.4) is 0 Å². The Kier molecular flexibility index (Phi) is 3.99. The van der Waals surface area contributed by atoms with Crippen molar-refractivity contribution in [1.29, 1.82) is 0 Å². The zero-order valence-corrected chi connectivity index (χ0v) is 19.0. The first-order valence-electron chi connectivity index (χ1n) is 8.32. The summed E-state index contributed by atoms with van der Waals surface area (Å²) >= 11 is 5.96. The normalized spacial score (nSPS) is 16.9. The Morgan fingerprint density at radius 3 is 1.48 bits per heavy atom. The molecule has 4 aromatic carbocycles. The molecule has 1 heterocycles. The van der Waals surface area contributed by atoms with Gasteiger partial charge in [-0.25, -0.2) is 0 Å². The second kappa shape index (κ2) is 6.10. The molecule has 4 aromatic rings. The van der Waals surface area contributed by atoms with Crippen molar-refractivity contribution in [3.8, 4) is 11.1 Å². The molecule has 0 unspecified atom stereocenters. The van der Waals surface area contributed by atoms with E-state index in [2.05, 4.69) is 98.3 Å².